The number of nitrogens with two attached hydrogens (primary N) is 1. The molecule has 2 aromatic carbocycles. The third kappa shape index (κ3) is 5.92. The summed E-state index contributed by atoms with van der Waals surface area (Å²) in [4.78, 5) is 23.8. The van der Waals surface area contributed by atoms with Gasteiger partial charge in [-0.15, -0.1) is 0 Å². The van der Waals surface area contributed by atoms with Gasteiger partial charge in [0.15, 0.2) is 5.78 Å². The molecule has 1 fully saturated rings. The van der Waals surface area contributed by atoms with Gasteiger partial charge in [-0.05, 0) is 85.5 Å². The van der Waals surface area contributed by atoms with Crippen molar-refractivity contribution in [2.45, 2.75) is 59.3 Å². The molecule has 1 aliphatic heterocycles. The molecule has 182 valence electrons. The maximum atomic E-state index is 13.3. The molecule has 0 saturated heterocycles. The number of carbonyl (C=O) groups excluding carboxylic acids is 2. The van der Waals surface area contributed by atoms with Gasteiger partial charge < -0.3 is 10.5 Å². The minimum atomic E-state index is -0.198. The standard InChI is InChI=1S/C22H22BrClO2.C6H11NO/c1-4-18(19-7-5-16(23)11-20(19)13(2)3)22(25)15-9-14-10-17(24)6-8-21(14)26-12-15;1-2-6(3-4-6)5(7)8/h4-8,10-11,13,15H,9,12H2,1-3H3;2-4H2,1H3,(H2,7,8)/b18-4+;. The van der Waals surface area contributed by atoms with E-state index < -0.39 is 0 Å². The van der Waals surface area contributed by atoms with E-state index >= 15 is 0 Å². The van der Waals surface area contributed by atoms with E-state index in [0.29, 0.717) is 24.0 Å². The first-order valence-corrected chi connectivity index (χ1v) is 13.0. The summed E-state index contributed by atoms with van der Waals surface area (Å²) in [5, 5.41) is 0.668. The Morgan fingerprint density at radius 2 is 1.94 bits per heavy atom. The van der Waals surface area contributed by atoms with Crippen LogP contribution in [0.25, 0.3) is 5.57 Å². The molecule has 1 heterocycles. The fourth-order valence-electron chi connectivity index (χ4n) is 4.36. The summed E-state index contributed by atoms with van der Waals surface area (Å²) in [6.07, 6.45) is 5.52. The van der Waals surface area contributed by atoms with Crippen LogP contribution in [0.3, 0.4) is 0 Å². The van der Waals surface area contributed by atoms with Gasteiger partial charge in [-0.3, -0.25) is 9.59 Å². The fraction of sp³-hybridized carbons (Fsp3) is 0.429. The summed E-state index contributed by atoms with van der Waals surface area (Å²) in [6, 6.07) is 11.7. The second-order valence-electron chi connectivity index (χ2n) is 9.42. The molecule has 6 heteroatoms. The molecule has 34 heavy (non-hydrogen) atoms. The van der Waals surface area contributed by atoms with Crippen molar-refractivity contribution in [2.24, 2.45) is 17.1 Å². The van der Waals surface area contributed by atoms with Crippen LogP contribution < -0.4 is 10.5 Å². The van der Waals surface area contributed by atoms with Gasteiger partial charge >= 0.3 is 0 Å². The van der Waals surface area contributed by atoms with E-state index in [9.17, 15) is 9.59 Å². The molecule has 2 aromatic rings. The van der Waals surface area contributed by atoms with Gasteiger partial charge in [-0.1, -0.05) is 60.4 Å². The van der Waals surface area contributed by atoms with Crippen molar-refractivity contribution in [3.05, 3.63) is 68.7 Å². The quantitative estimate of drug-likeness (QED) is 0.392. The largest absolute Gasteiger partial charge is 0.493 e. The first-order valence-electron chi connectivity index (χ1n) is 11.8. The molecule has 1 unspecified atom stereocenters. The van der Waals surface area contributed by atoms with Crippen LogP contribution in [-0.4, -0.2) is 18.3 Å². The van der Waals surface area contributed by atoms with Crippen LogP contribution in [-0.2, 0) is 16.0 Å². The van der Waals surface area contributed by atoms with Crippen molar-refractivity contribution >= 4 is 44.8 Å². The fourth-order valence-corrected chi connectivity index (χ4v) is 4.94. The average Bonchev–Trinajstić information content (AvgIpc) is 3.62. The lowest BCUT2D eigenvalue weighted by molar-refractivity contribution is -0.123. The first-order chi connectivity index (χ1) is 16.1. The molecule has 4 rings (SSSR count). The molecule has 1 atom stereocenters. The molecule has 1 amide bonds. The number of ketones is 1. The molecule has 4 nitrogen and oxygen atoms in total. The molecular weight excluding hydrogens is 514 g/mol. The van der Waals surface area contributed by atoms with Crippen molar-refractivity contribution in [3.63, 3.8) is 0 Å². The lowest BCUT2D eigenvalue weighted by Gasteiger charge is -2.26. The Morgan fingerprint density at radius 1 is 1.24 bits per heavy atom. The molecule has 0 bridgehead atoms. The van der Waals surface area contributed by atoms with Crippen LogP contribution in [0.1, 0.15) is 69.6 Å². The number of hydrogen-bond donors (Lipinski definition) is 1. The number of benzene rings is 2. The SMILES string of the molecule is C/C=C(/C(=O)C1COc2ccc(Cl)cc2C1)c1ccc(Br)cc1C(C)C.CCC1(C(N)=O)CC1. The van der Waals surface area contributed by atoms with E-state index in [0.717, 1.165) is 46.2 Å². The number of allylic oxidation sites excluding steroid dienone is 2. The zero-order chi connectivity index (χ0) is 25.0. The number of carbonyl (C=O) groups is 2. The van der Waals surface area contributed by atoms with E-state index in [4.69, 9.17) is 22.1 Å². The Hall–Kier alpha value is -2.11. The summed E-state index contributed by atoms with van der Waals surface area (Å²) in [6.45, 7) is 8.62. The average molecular weight is 547 g/mol. The van der Waals surface area contributed by atoms with Gasteiger partial charge in [-0.2, -0.15) is 0 Å². The Morgan fingerprint density at radius 3 is 2.47 bits per heavy atom. The van der Waals surface area contributed by atoms with Gasteiger partial charge in [0.05, 0.1) is 12.5 Å². The summed E-state index contributed by atoms with van der Waals surface area (Å²) in [5.41, 5.74) is 8.97. The Bertz CT molecular complexity index is 1100. The van der Waals surface area contributed by atoms with Crippen LogP contribution in [0.15, 0.2) is 46.9 Å². The maximum Gasteiger partial charge on any atom is 0.223 e. The third-order valence-corrected chi connectivity index (χ3v) is 7.56. The van der Waals surface area contributed by atoms with E-state index in [2.05, 4.69) is 35.8 Å². The van der Waals surface area contributed by atoms with Crippen molar-refractivity contribution in [3.8, 4) is 5.75 Å². The highest BCUT2D eigenvalue weighted by Crippen LogP contribution is 2.48. The highest BCUT2D eigenvalue weighted by Gasteiger charge is 2.46. The first kappa shape index (κ1) is 26.5. The highest BCUT2D eigenvalue weighted by atomic mass is 79.9. The minimum absolute atomic E-state index is 0.0694. The molecule has 0 aromatic heterocycles. The Kier molecular flexibility index (Phi) is 8.64. The van der Waals surface area contributed by atoms with Gasteiger partial charge in [-0.25, -0.2) is 0 Å². The van der Waals surface area contributed by atoms with E-state index in [1.54, 1.807) is 0 Å². The Balaban J connectivity index is 0.000000343. The van der Waals surface area contributed by atoms with Gasteiger partial charge in [0.25, 0.3) is 0 Å². The minimum Gasteiger partial charge on any atom is -0.493 e. The zero-order valence-electron chi connectivity index (χ0n) is 20.3. The lowest BCUT2D eigenvalue weighted by atomic mass is 9.84. The number of Topliss-reactive ketones (excluding diaryl/α,β-unsaturated/α-hetero) is 1. The van der Waals surface area contributed by atoms with Crippen LogP contribution >= 0.6 is 27.5 Å². The number of hydrogen-bond acceptors (Lipinski definition) is 3. The van der Waals surface area contributed by atoms with Gasteiger partial charge in [0.1, 0.15) is 5.75 Å². The number of fused-ring (bicyclic) bond motifs is 1. The van der Waals surface area contributed by atoms with E-state index in [1.165, 1.54) is 5.56 Å². The summed E-state index contributed by atoms with van der Waals surface area (Å²) >= 11 is 9.64. The normalized spacial score (nSPS) is 18.3. The van der Waals surface area contributed by atoms with Crippen LogP contribution in [0.2, 0.25) is 5.02 Å². The predicted octanol–water partition coefficient (Wildman–Crippen LogP) is 7.11. The van der Waals surface area contributed by atoms with Crippen molar-refractivity contribution in [1.82, 2.24) is 0 Å². The number of ether oxygens (including phenoxy) is 1. The van der Waals surface area contributed by atoms with Crippen molar-refractivity contribution in [2.75, 3.05) is 6.61 Å². The highest BCUT2D eigenvalue weighted by molar-refractivity contribution is 9.10. The second-order valence-corrected chi connectivity index (χ2v) is 10.8. The zero-order valence-corrected chi connectivity index (χ0v) is 22.6. The molecule has 0 spiro atoms. The number of amides is 1. The molecule has 2 N–H and O–H groups in total. The third-order valence-electron chi connectivity index (χ3n) is 6.83. The Labute approximate surface area is 216 Å². The molecule has 0 radical (unpaired) electrons. The number of rotatable bonds is 6. The van der Waals surface area contributed by atoms with Crippen LogP contribution in [0, 0.1) is 11.3 Å². The molecular formula is C28H33BrClNO3. The van der Waals surface area contributed by atoms with E-state index in [-0.39, 0.29) is 23.0 Å². The summed E-state index contributed by atoms with van der Waals surface area (Å²) in [7, 11) is 0. The topological polar surface area (TPSA) is 69.4 Å². The lowest BCUT2D eigenvalue weighted by Crippen LogP contribution is -2.29. The molecule has 1 aliphatic carbocycles. The second kappa shape index (κ2) is 11.1. The molecule has 2 aliphatic rings. The van der Waals surface area contributed by atoms with Crippen LogP contribution in [0.5, 0.6) is 5.75 Å². The summed E-state index contributed by atoms with van der Waals surface area (Å²) < 4.78 is 6.85. The summed E-state index contributed by atoms with van der Waals surface area (Å²) in [5.74, 6) is 0.970. The monoisotopic (exact) mass is 545 g/mol. The van der Waals surface area contributed by atoms with Gasteiger partial charge in [0.2, 0.25) is 5.91 Å². The maximum absolute atomic E-state index is 13.3. The van der Waals surface area contributed by atoms with Crippen LogP contribution in [0.4, 0.5) is 0 Å². The van der Waals surface area contributed by atoms with Crippen molar-refractivity contribution in [1.29, 1.82) is 0 Å². The number of primary amides is 1. The van der Waals surface area contributed by atoms with Gasteiger partial charge in [0, 0.05) is 20.5 Å². The predicted molar refractivity (Wildman–Crippen MR) is 142 cm³/mol. The number of halogens is 2. The van der Waals surface area contributed by atoms with Crippen molar-refractivity contribution < 1.29 is 14.3 Å². The van der Waals surface area contributed by atoms with E-state index in [1.807, 2.05) is 50.3 Å². The smallest absolute Gasteiger partial charge is 0.223 e. The molecule has 1 saturated carbocycles.